The third-order valence-corrected chi connectivity index (χ3v) is 3.78. The van der Waals surface area contributed by atoms with Crippen LogP contribution in [0.2, 0.25) is 0 Å². The lowest BCUT2D eigenvalue weighted by Gasteiger charge is -2.17. The summed E-state index contributed by atoms with van der Waals surface area (Å²) in [5.41, 5.74) is 1.20. The van der Waals surface area contributed by atoms with Crippen LogP contribution < -0.4 is 4.90 Å². The minimum atomic E-state index is -0.391. The zero-order valence-electron chi connectivity index (χ0n) is 13.0. The number of anilines is 1. The van der Waals surface area contributed by atoms with Crippen molar-refractivity contribution in [3.63, 3.8) is 0 Å². The van der Waals surface area contributed by atoms with Gasteiger partial charge in [0.25, 0.3) is 0 Å². The quantitative estimate of drug-likeness (QED) is 0.794. The van der Waals surface area contributed by atoms with Crippen molar-refractivity contribution in [2.45, 2.75) is 32.4 Å². The fourth-order valence-electron chi connectivity index (χ4n) is 2.68. The number of hydrogen-bond acceptors (Lipinski definition) is 4. The maximum absolute atomic E-state index is 12.3. The summed E-state index contributed by atoms with van der Waals surface area (Å²) in [6.07, 6.45) is 4.64. The molecule has 1 atom stereocenters. The second-order valence-electron chi connectivity index (χ2n) is 5.64. The molecule has 6 nitrogen and oxygen atoms in total. The van der Waals surface area contributed by atoms with Gasteiger partial charge in [0.1, 0.15) is 6.10 Å². The first-order chi connectivity index (χ1) is 11.1. The lowest BCUT2D eigenvalue weighted by molar-refractivity contribution is -0.117. The monoisotopic (exact) mass is 313 g/mol. The Bertz CT molecular complexity index is 697. The number of hydrogen-bond donors (Lipinski definition) is 0. The van der Waals surface area contributed by atoms with Gasteiger partial charge in [-0.2, -0.15) is 5.10 Å². The van der Waals surface area contributed by atoms with Crippen LogP contribution in [0.15, 0.2) is 42.7 Å². The first kappa shape index (κ1) is 15.3. The Kier molecular flexibility index (Phi) is 4.41. The van der Waals surface area contributed by atoms with Crippen LogP contribution in [0, 0.1) is 0 Å². The predicted octanol–water partition coefficient (Wildman–Crippen LogP) is 2.26. The molecule has 120 valence electrons. The van der Waals surface area contributed by atoms with Crippen molar-refractivity contribution >= 4 is 17.6 Å². The third-order valence-electron chi connectivity index (χ3n) is 3.78. The zero-order valence-corrected chi connectivity index (χ0v) is 13.0. The Morgan fingerprint density at radius 1 is 1.39 bits per heavy atom. The van der Waals surface area contributed by atoms with Gasteiger partial charge in [0.15, 0.2) is 0 Å². The molecule has 0 spiro atoms. The molecule has 6 heteroatoms. The van der Waals surface area contributed by atoms with E-state index in [9.17, 15) is 9.59 Å². The van der Waals surface area contributed by atoms with Gasteiger partial charge in [-0.05, 0) is 37.6 Å². The molecule has 1 aromatic carbocycles. The Labute approximate surface area is 134 Å². The molecular weight excluding hydrogens is 294 g/mol. The Morgan fingerprint density at radius 2 is 2.26 bits per heavy atom. The van der Waals surface area contributed by atoms with Crippen LogP contribution >= 0.6 is 0 Å². The van der Waals surface area contributed by atoms with Gasteiger partial charge in [0.2, 0.25) is 5.91 Å². The van der Waals surface area contributed by atoms with Gasteiger partial charge in [-0.25, -0.2) is 4.79 Å². The van der Waals surface area contributed by atoms with Gasteiger partial charge in [-0.1, -0.05) is 6.07 Å². The van der Waals surface area contributed by atoms with Gasteiger partial charge < -0.3 is 9.64 Å². The Hall–Kier alpha value is -2.63. The predicted molar refractivity (Wildman–Crippen MR) is 85.1 cm³/mol. The number of carbonyl (C=O) groups is 2. The molecule has 0 unspecified atom stereocenters. The number of ether oxygens (including phenoxy) is 1. The fraction of sp³-hybridized carbons (Fsp3) is 0.353. The third kappa shape index (κ3) is 3.59. The van der Waals surface area contributed by atoms with Gasteiger partial charge in [0.05, 0.1) is 12.1 Å². The molecule has 0 bridgehead atoms. The molecular formula is C17H19N3O3. The number of rotatable bonds is 5. The summed E-state index contributed by atoms with van der Waals surface area (Å²) in [5.74, 6) is -0.291. The van der Waals surface area contributed by atoms with E-state index >= 15 is 0 Å². The second kappa shape index (κ2) is 6.64. The van der Waals surface area contributed by atoms with Crippen molar-refractivity contribution in [2.24, 2.45) is 0 Å². The molecule has 0 saturated carbocycles. The summed E-state index contributed by atoms with van der Waals surface area (Å²) in [7, 11) is 0. The van der Waals surface area contributed by atoms with E-state index in [1.807, 2.05) is 25.3 Å². The van der Waals surface area contributed by atoms with Crippen LogP contribution in [0.5, 0.6) is 0 Å². The largest absolute Gasteiger partial charge is 0.457 e. The molecule has 1 aromatic heterocycles. The molecule has 0 radical (unpaired) electrons. The van der Waals surface area contributed by atoms with Gasteiger partial charge in [0, 0.05) is 31.0 Å². The van der Waals surface area contributed by atoms with E-state index in [0.29, 0.717) is 25.1 Å². The standard InChI is InChI=1S/C17H19N3O3/c1-13(12-19-9-4-8-18-19)23-17(22)14-5-2-6-15(11-14)20-10-3-7-16(20)21/h2,4-6,8-9,11,13H,3,7,10,12H2,1H3/t13-/m0/s1. The lowest BCUT2D eigenvalue weighted by Crippen LogP contribution is -2.24. The van der Waals surface area contributed by atoms with E-state index in [1.165, 1.54) is 0 Å². The van der Waals surface area contributed by atoms with Crippen LogP contribution in [0.1, 0.15) is 30.1 Å². The SMILES string of the molecule is C[C@@H](Cn1cccn1)OC(=O)c1cccc(N2CCCC2=O)c1. The number of amides is 1. The normalized spacial score (nSPS) is 15.7. The van der Waals surface area contributed by atoms with E-state index in [4.69, 9.17) is 4.74 Å². The lowest BCUT2D eigenvalue weighted by atomic mass is 10.2. The molecule has 0 aliphatic carbocycles. The first-order valence-corrected chi connectivity index (χ1v) is 7.72. The van der Waals surface area contributed by atoms with Crippen LogP contribution in [0.3, 0.4) is 0 Å². The van der Waals surface area contributed by atoms with Gasteiger partial charge in [-0.15, -0.1) is 0 Å². The molecule has 2 heterocycles. The summed E-state index contributed by atoms with van der Waals surface area (Å²) in [5, 5.41) is 4.09. The highest BCUT2D eigenvalue weighted by molar-refractivity contribution is 5.97. The molecule has 3 rings (SSSR count). The van der Waals surface area contributed by atoms with Crippen molar-refractivity contribution in [3.8, 4) is 0 Å². The minimum Gasteiger partial charge on any atom is -0.457 e. The average molecular weight is 313 g/mol. The smallest absolute Gasteiger partial charge is 0.338 e. The van der Waals surface area contributed by atoms with E-state index in [0.717, 1.165) is 12.1 Å². The van der Waals surface area contributed by atoms with Crippen molar-refractivity contribution in [3.05, 3.63) is 48.3 Å². The molecule has 23 heavy (non-hydrogen) atoms. The van der Waals surface area contributed by atoms with Crippen molar-refractivity contribution in [1.82, 2.24) is 9.78 Å². The van der Waals surface area contributed by atoms with E-state index in [1.54, 1.807) is 34.0 Å². The zero-order chi connectivity index (χ0) is 16.2. The fourth-order valence-corrected chi connectivity index (χ4v) is 2.68. The van der Waals surface area contributed by atoms with E-state index in [2.05, 4.69) is 5.10 Å². The van der Waals surface area contributed by atoms with Crippen molar-refractivity contribution in [2.75, 3.05) is 11.4 Å². The highest BCUT2D eigenvalue weighted by Gasteiger charge is 2.22. The van der Waals surface area contributed by atoms with Crippen molar-refractivity contribution in [1.29, 1.82) is 0 Å². The van der Waals surface area contributed by atoms with Crippen LogP contribution in [0.4, 0.5) is 5.69 Å². The van der Waals surface area contributed by atoms with Crippen LogP contribution in [0.25, 0.3) is 0 Å². The maximum Gasteiger partial charge on any atom is 0.338 e. The topological polar surface area (TPSA) is 64.4 Å². The summed E-state index contributed by atoms with van der Waals surface area (Å²) >= 11 is 0. The minimum absolute atomic E-state index is 0.0996. The number of aromatic nitrogens is 2. The van der Waals surface area contributed by atoms with Gasteiger partial charge >= 0.3 is 5.97 Å². The molecule has 1 aliphatic heterocycles. The van der Waals surface area contributed by atoms with Crippen LogP contribution in [-0.2, 0) is 16.1 Å². The maximum atomic E-state index is 12.3. The molecule has 1 aliphatic rings. The Morgan fingerprint density at radius 3 is 2.96 bits per heavy atom. The molecule has 1 amide bonds. The highest BCUT2D eigenvalue weighted by atomic mass is 16.5. The summed E-state index contributed by atoms with van der Waals surface area (Å²) in [6.45, 7) is 3.03. The second-order valence-corrected chi connectivity index (χ2v) is 5.64. The number of esters is 1. The average Bonchev–Trinajstić information content (AvgIpc) is 3.19. The Balaban J connectivity index is 1.66. The number of carbonyl (C=O) groups excluding carboxylic acids is 2. The first-order valence-electron chi connectivity index (χ1n) is 7.72. The number of nitrogens with zero attached hydrogens (tertiary/aromatic N) is 3. The van der Waals surface area contributed by atoms with E-state index in [-0.39, 0.29) is 12.0 Å². The molecule has 0 N–H and O–H groups in total. The number of benzene rings is 1. The molecule has 1 fully saturated rings. The highest BCUT2D eigenvalue weighted by Crippen LogP contribution is 2.22. The molecule has 2 aromatic rings. The summed E-state index contributed by atoms with van der Waals surface area (Å²) in [4.78, 5) is 25.8. The summed E-state index contributed by atoms with van der Waals surface area (Å²) < 4.78 is 7.17. The molecule has 1 saturated heterocycles. The van der Waals surface area contributed by atoms with Gasteiger partial charge in [-0.3, -0.25) is 9.48 Å². The van der Waals surface area contributed by atoms with Crippen LogP contribution in [-0.4, -0.2) is 34.3 Å². The van der Waals surface area contributed by atoms with E-state index < -0.39 is 5.97 Å². The van der Waals surface area contributed by atoms with Crippen molar-refractivity contribution < 1.29 is 14.3 Å². The summed E-state index contributed by atoms with van der Waals surface area (Å²) in [6, 6.07) is 8.85.